The summed E-state index contributed by atoms with van der Waals surface area (Å²) in [6.07, 6.45) is 1.85. The van der Waals surface area contributed by atoms with Crippen LogP contribution in [0.1, 0.15) is 5.56 Å². The maximum absolute atomic E-state index is 4.58. The molecule has 0 unspecified atom stereocenters. The van der Waals surface area contributed by atoms with Crippen LogP contribution < -0.4 is 0 Å². The molecule has 2 heterocycles. The lowest BCUT2D eigenvalue weighted by atomic mass is 10.2. The third-order valence-corrected chi connectivity index (χ3v) is 3.73. The summed E-state index contributed by atoms with van der Waals surface area (Å²) in [6.45, 7) is 2.11. The summed E-state index contributed by atoms with van der Waals surface area (Å²) in [5, 5.41) is 2.44. The van der Waals surface area contributed by atoms with Gasteiger partial charge in [0.2, 0.25) is 0 Å². The van der Waals surface area contributed by atoms with Gasteiger partial charge in [0.05, 0.1) is 5.52 Å². The molecule has 2 aromatic heterocycles. The van der Waals surface area contributed by atoms with Crippen molar-refractivity contribution in [2.75, 3.05) is 0 Å². The molecular weight excluding hydrogens is 244 g/mol. The minimum absolute atomic E-state index is 1.01. The van der Waals surface area contributed by atoms with Gasteiger partial charge in [0.15, 0.2) is 0 Å². The largest absolute Gasteiger partial charge is 0.294 e. The van der Waals surface area contributed by atoms with Crippen molar-refractivity contribution in [3.05, 3.63) is 72.4 Å². The minimum atomic E-state index is 1.01. The Labute approximate surface area is 117 Å². The third kappa shape index (κ3) is 1.55. The van der Waals surface area contributed by atoms with Crippen molar-refractivity contribution in [2.24, 2.45) is 0 Å². The van der Waals surface area contributed by atoms with Crippen LogP contribution in [0.2, 0.25) is 0 Å². The van der Waals surface area contributed by atoms with Crippen molar-refractivity contribution in [1.29, 1.82) is 0 Å². The normalized spacial score (nSPS) is 11.2. The highest BCUT2D eigenvalue weighted by Crippen LogP contribution is 2.30. The number of hydrogen-bond donors (Lipinski definition) is 0. The summed E-state index contributed by atoms with van der Waals surface area (Å²) >= 11 is 0. The molecule has 0 saturated carbocycles. The van der Waals surface area contributed by atoms with E-state index in [1.807, 2.05) is 12.3 Å². The lowest BCUT2D eigenvalue weighted by molar-refractivity contribution is 1.13. The number of rotatable bonds is 1. The highest BCUT2D eigenvalue weighted by Gasteiger charge is 2.11. The van der Waals surface area contributed by atoms with Gasteiger partial charge >= 0.3 is 0 Å². The lowest BCUT2D eigenvalue weighted by Gasteiger charge is -2.07. The van der Waals surface area contributed by atoms with Crippen LogP contribution >= 0.6 is 0 Å². The Morgan fingerprint density at radius 1 is 0.800 bits per heavy atom. The molecule has 2 heteroatoms. The predicted octanol–water partition coefficient (Wildman–Crippen LogP) is 4.49. The van der Waals surface area contributed by atoms with Gasteiger partial charge in [-0.25, -0.2) is 4.98 Å². The molecule has 0 fully saturated rings. The van der Waals surface area contributed by atoms with Crippen LogP contribution in [0.4, 0.5) is 0 Å². The zero-order valence-electron chi connectivity index (χ0n) is 11.2. The van der Waals surface area contributed by atoms with Crippen molar-refractivity contribution >= 4 is 21.9 Å². The molecule has 0 radical (unpaired) electrons. The summed E-state index contributed by atoms with van der Waals surface area (Å²) in [4.78, 5) is 4.58. The monoisotopic (exact) mass is 258 g/mol. The number of para-hydroxylation sites is 1. The molecule has 0 aliphatic rings. The molecule has 0 atom stereocenters. The van der Waals surface area contributed by atoms with Gasteiger partial charge in [-0.1, -0.05) is 35.9 Å². The fourth-order valence-corrected chi connectivity index (χ4v) is 2.75. The number of fused-ring (bicyclic) bond motifs is 3. The molecule has 96 valence electrons. The van der Waals surface area contributed by atoms with Gasteiger partial charge < -0.3 is 0 Å². The molecule has 2 nitrogen and oxygen atoms in total. The molecule has 0 spiro atoms. The summed E-state index contributed by atoms with van der Waals surface area (Å²) in [6, 6.07) is 21.2. The van der Waals surface area contributed by atoms with Crippen molar-refractivity contribution in [1.82, 2.24) is 9.55 Å². The Morgan fingerprint density at radius 3 is 2.40 bits per heavy atom. The molecule has 0 N–H and O–H groups in total. The van der Waals surface area contributed by atoms with Gasteiger partial charge in [-0.15, -0.1) is 0 Å². The summed E-state index contributed by atoms with van der Waals surface area (Å²) in [5.74, 6) is 0. The second-order valence-corrected chi connectivity index (χ2v) is 5.06. The van der Waals surface area contributed by atoms with E-state index in [9.17, 15) is 0 Å². The van der Waals surface area contributed by atoms with Crippen LogP contribution in [0.5, 0.6) is 0 Å². The maximum Gasteiger partial charge on any atom is 0.145 e. The average molecular weight is 258 g/mol. The molecule has 0 amide bonds. The first-order valence-electron chi connectivity index (χ1n) is 6.76. The number of aryl methyl sites for hydroxylation is 1. The van der Waals surface area contributed by atoms with E-state index in [1.165, 1.54) is 21.9 Å². The SMILES string of the molecule is Cc1ccc(-n2c3ccccc3c3cccnc32)cc1. The quantitative estimate of drug-likeness (QED) is 0.492. The number of nitrogens with zero attached hydrogens (tertiary/aromatic N) is 2. The minimum Gasteiger partial charge on any atom is -0.294 e. The molecule has 2 aromatic carbocycles. The van der Waals surface area contributed by atoms with Crippen LogP contribution in [0.15, 0.2) is 66.9 Å². The van der Waals surface area contributed by atoms with Crippen LogP contribution in [0.3, 0.4) is 0 Å². The van der Waals surface area contributed by atoms with Crippen molar-refractivity contribution in [3.63, 3.8) is 0 Å². The standard InChI is InChI=1S/C18H14N2/c1-13-8-10-14(11-9-13)20-17-7-3-2-5-15(17)16-6-4-12-19-18(16)20/h2-12H,1H3. The fourth-order valence-electron chi connectivity index (χ4n) is 2.75. The third-order valence-electron chi connectivity index (χ3n) is 3.73. The second-order valence-electron chi connectivity index (χ2n) is 5.06. The van der Waals surface area contributed by atoms with Gasteiger partial charge in [-0.05, 0) is 37.3 Å². The van der Waals surface area contributed by atoms with Crippen LogP contribution in [-0.4, -0.2) is 9.55 Å². The topological polar surface area (TPSA) is 17.8 Å². The van der Waals surface area contributed by atoms with Crippen LogP contribution in [0.25, 0.3) is 27.6 Å². The van der Waals surface area contributed by atoms with E-state index in [1.54, 1.807) is 0 Å². The summed E-state index contributed by atoms with van der Waals surface area (Å²) in [7, 11) is 0. The molecule has 0 aliphatic heterocycles. The second kappa shape index (κ2) is 4.20. The van der Waals surface area contributed by atoms with Gasteiger partial charge in [-0.3, -0.25) is 4.57 Å². The Kier molecular flexibility index (Phi) is 2.36. The Balaban J connectivity index is 2.17. The summed E-state index contributed by atoms with van der Waals surface area (Å²) in [5.41, 5.74) is 4.63. The highest BCUT2D eigenvalue weighted by molar-refractivity contribution is 6.07. The van der Waals surface area contributed by atoms with Crippen molar-refractivity contribution in [2.45, 2.75) is 6.92 Å². The van der Waals surface area contributed by atoms with Gasteiger partial charge in [0.1, 0.15) is 5.65 Å². The Morgan fingerprint density at radius 2 is 1.55 bits per heavy atom. The number of hydrogen-bond acceptors (Lipinski definition) is 1. The summed E-state index contributed by atoms with van der Waals surface area (Å²) < 4.78 is 2.23. The average Bonchev–Trinajstić information content (AvgIpc) is 2.83. The lowest BCUT2D eigenvalue weighted by Crippen LogP contribution is -1.94. The van der Waals surface area contributed by atoms with Gasteiger partial charge in [0, 0.05) is 22.7 Å². The smallest absolute Gasteiger partial charge is 0.145 e. The fraction of sp³-hybridized carbons (Fsp3) is 0.0556. The molecule has 0 aliphatic carbocycles. The number of aromatic nitrogens is 2. The van der Waals surface area contributed by atoms with E-state index in [0.717, 1.165) is 11.3 Å². The zero-order chi connectivity index (χ0) is 13.5. The van der Waals surface area contributed by atoms with Crippen molar-refractivity contribution < 1.29 is 0 Å². The predicted molar refractivity (Wildman–Crippen MR) is 83.3 cm³/mol. The van der Waals surface area contributed by atoms with Crippen LogP contribution in [0, 0.1) is 6.92 Å². The van der Waals surface area contributed by atoms with E-state index < -0.39 is 0 Å². The molecule has 20 heavy (non-hydrogen) atoms. The van der Waals surface area contributed by atoms with E-state index in [-0.39, 0.29) is 0 Å². The van der Waals surface area contributed by atoms with E-state index in [4.69, 9.17) is 0 Å². The Bertz CT molecular complexity index is 848. The molecular formula is C18H14N2. The first-order valence-corrected chi connectivity index (χ1v) is 6.76. The first kappa shape index (κ1) is 11.2. The van der Waals surface area contributed by atoms with Gasteiger partial charge in [-0.2, -0.15) is 0 Å². The molecule has 4 rings (SSSR count). The highest BCUT2D eigenvalue weighted by atomic mass is 15.0. The van der Waals surface area contributed by atoms with E-state index >= 15 is 0 Å². The molecule has 0 saturated heterocycles. The maximum atomic E-state index is 4.58. The molecule has 4 aromatic rings. The number of benzene rings is 2. The van der Waals surface area contributed by atoms with Crippen LogP contribution in [-0.2, 0) is 0 Å². The van der Waals surface area contributed by atoms with Crippen molar-refractivity contribution in [3.8, 4) is 5.69 Å². The first-order chi connectivity index (χ1) is 9.84. The Hall–Kier alpha value is -2.61. The molecule has 0 bridgehead atoms. The number of pyridine rings is 1. The van der Waals surface area contributed by atoms with E-state index in [2.05, 4.69) is 71.1 Å². The van der Waals surface area contributed by atoms with E-state index in [0.29, 0.717) is 0 Å². The zero-order valence-corrected chi connectivity index (χ0v) is 11.2. The van der Waals surface area contributed by atoms with Gasteiger partial charge in [0.25, 0.3) is 0 Å².